The van der Waals surface area contributed by atoms with Gasteiger partial charge in [-0.3, -0.25) is 4.79 Å². The molecule has 0 saturated carbocycles. The first-order valence-corrected chi connectivity index (χ1v) is 10.7. The zero-order valence-corrected chi connectivity index (χ0v) is 16.7. The van der Waals surface area contributed by atoms with Crippen LogP contribution in [0.1, 0.15) is 42.0 Å². The number of amides is 1. The van der Waals surface area contributed by atoms with Crippen molar-refractivity contribution in [1.82, 2.24) is 9.80 Å². The van der Waals surface area contributed by atoms with Crippen molar-refractivity contribution in [3.05, 3.63) is 71.0 Å². The smallest absolute Gasteiger partial charge is 0.305 e. The van der Waals surface area contributed by atoms with E-state index in [2.05, 4.69) is 6.07 Å². The normalized spacial score (nSPS) is 29.5. The maximum atomic E-state index is 14.0. The molecule has 4 aliphatic heterocycles. The maximum Gasteiger partial charge on any atom is 0.305 e. The topological polar surface area (TPSA) is 23.6 Å². The van der Waals surface area contributed by atoms with Crippen LogP contribution in [0.25, 0.3) is 0 Å². The van der Waals surface area contributed by atoms with Crippen molar-refractivity contribution in [3.63, 3.8) is 0 Å². The van der Waals surface area contributed by atoms with Crippen LogP contribution in [0.4, 0.5) is 13.2 Å². The highest BCUT2D eigenvalue weighted by Gasteiger charge is 2.51. The van der Waals surface area contributed by atoms with E-state index in [9.17, 15) is 18.0 Å². The molecule has 158 valence electrons. The monoisotopic (exact) mass is 414 g/mol. The van der Waals surface area contributed by atoms with E-state index in [4.69, 9.17) is 0 Å². The van der Waals surface area contributed by atoms with Gasteiger partial charge in [-0.15, -0.1) is 0 Å². The van der Waals surface area contributed by atoms with Crippen molar-refractivity contribution >= 4 is 5.91 Å². The molecule has 0 radical (unpaired) electrons. The highest BCUT2D eigenvalue weighted by molar-refractivity contribution is 5.78. The van der Waals surface area contributed by atoms with Gasteiger partial charge in [-0.05, 0) is 53.5 Å². The van der Waals surface area contributed by atoms with Crippen LogP contribution < -0.4 is 0 Å². The fraction of sp³-hybridized carbons (Fsp3) is 0.458. The molecule has 1 amide bonds. The average molecular weight is 414 g/mol. The number of hydrogen-bond acceptors (Lipinski definition) is 2. The zero-order chi connectivity index (χ0) is 20.9. The zero-order valence-electron chi connectivity index (χ0n) is 16.7. The summed E-state index contributed by atoms with van der Waals surface area (Å²) in [5, 5.41) is 0. The number of alkyl halides is 2. The second kappa shape index (κ2) is 7.41. The Labute approximate surface area is 174 Å². The Kier molecular flexibility index (Phi) is 4.85. The van der Waals surface area contributed by atoms with Gasteiger partial charge in [-0.1, -0.05) is 36.4 Å². The summed E-state index contributed by atoms with van der Waals surface area (Å²) in [7, 11) is 0. The highest BCUT2D eigenvalue weighted by Crippen LogP contribution is 2.45. The van der Waals surface area contributed by atoms with Gasteiger partial charge in [-0.2, -0.15) is 8.78 Å². The number of rotatable bonds is 3. The van der Waals surface area contributed by atoms with E-state index in [0.29, 0.717) is 13.1 Å². The van der Waals surface area contributed by atoms with Crippen LogP contribution in [0, 0.1) is 17.7 Å². The van der Waals surface area contributed by atoms with Gasteiger partial charge >= 0.3 is 6.05 Å². The summed E-state index contributed by atoms with van der Waals surface area (Å²) in [6, 6.07) is 11.4. The van der Waals surface area contributed by atoms with Crippen molar-refractivity contribution in [1.29, 1.82) is 0 Å². The van der Waals surface area contributed by atoms with Crippen molar-refractivity contribution in [3.8, 4) is 0 Å². The van der Waals surface area contributed by atoms with Crippen LogP contribution in [0.2, 0.25) is 0 Å². The molecule has 3 nitrogen and oxygen atoms in total. The molecule has 6 rings (SSSR count). The van der Waals surface area contributed by atoms with Gasteiger partial charge in [0, 0.05) is 32.5 Å². The molecule has 3 saturated heterocycles. The van der Waals surface area contributed by atoms with E-state index in [0.717, 1.165) is 24.0 Å². The molecule has 0 N–H and O–H groups in total. The van der Waals surface area contributed by atoms with Crippen molar-refractivity contribution in [2.75, 3.05) is 19.6 Å². The third kappa shape index (κ3) is 3.41. The molecule has 2 aromatic carbocycles. The van der Waals surface area contributed by atoms with Gasteiger partial charge in [0.25, 0.3) is 0 Å². The standard InChI is InChI=1S/C24H25F3N2O/c25-20-7-5-17(6-8-20)23-21-4-2-1-3-16(21)10-12-29(23)22(30)13-19-15-28-11-9-18(19)14-24(28,26)27/h1-8,18-19,23H,9-15H2/t18?,19-,23+/m1/s1. The Hall–Kier alpha value is -2.34. The second-order valence-corrected chi connectivity index (χ2v) is 8.82. The maximum absolute atomic E-state index is 14.0. The molecule has 6 heteroatoms. The summed E-state index contributed by atoms with van der Waals surface area (Å²) in [5.41, 5.74) is 3.12. The fourth-order valence-corrected chi connectivity index (χ4v) is 5.50. The average Bonchev–Trinajstić information content (AvgIpc) is 2.74. The minimum absolute atomic E-state index is 0.000828. The molecule has 3 fully saturated rings. The summed E-state index contributed by atoms with van der Waals surface area (Å²) in [6.45, 7) is 1.28. The van der Waals surface area contributed by atoms with Crippen LogP contribution in [0.3, 0.4) is 0 Å². The Balaban J connectivity index is 1.41. The quantitative estimate of drug-likeness (QED) is 0.684. The number of halogens is 3. The largest absolute Gasteiger partial charge is 0.331 e. The van der Waals surface area contributed by atoms with Gasteiger partial charge in [0.05, 0.1) is 6.04 Å². The van der Waals surface area contributed by atoms with Crippen molar-refractivity contribution < 1.29 is 18.0 Å². The molecule has 2 aromatic rings. The summed E-state index contributed by atoms with van der Waals surface area (Å²) in [6.07, 6.45) is 1.64. The Morgan fingerprint density at radius 3 is 2.53 bits per heavy atom. The lowest BCUT2D eigenvalue weighted by molar-refractivity contribution is -0.221. The second-order valence-electron chi connectivity index (χ2n) is 8.82. The van der Waals surface area contributed by atoms with Crippen LogP contribution >= 0.6 is 0 Å². The number of carbonyl (C=O) groups excluding carboxylic acids is 1. The summed E-state index contributed by atoms with van der Waals surface area (Å²) < 4.78 is 41.6. The van der Waals surface area contributed by atoms with Gasteiger partial charge in [0.15, 0.2) is 0 Å². The van der Waals surface area contributed by atoms with E-state index < -0.39 is 6.05 Å². The van der Waals surface area contributed by atoms with E-state index in [1.807, 2.05) is 23.1 Å². The van der Waals surface area contributed by atoms with E-state index in [-0.39, 0.29) is 49.0 Å². The predicted octanol–water partition coefficient (Wildman–Crippen LogP) is 4.62. The first kappa shape index (κ1) is 19.6. The highest BCUT2D eigenvalue weighted by atomic mass is 19.3. The molecule has 4 atom stereocenters. The number of piperidine rings is 3. The molecule has 30 heavy (non-hydrogen) atoms. The third-order valence-electron chi connectivity index (χ3n) is 7.09. The number of nitrogens with zero attached hydrogens (tertiary/aromatic N) is 2. The number of benzene rings is 2. The molecule has 0 aliphatic carbocycles. The lowest BCUT2D eigenvalue weighted by Gasteiger charge is -2.49. The number of hydrogen-bond donors (Lipinski definition) is 0. The number of fused-ring (bicyclic) bond motifs is 4. The molecule has 0 aromatic heterocycles. The summed E-state index contributed by atoms with van der Waals surface area (Å²) in [4.78, 5) is 16.5. The Bertz CT molecular complexity index is 946. The van der Waals surface area contributed by atoms with Crippen LogP contribution in [0.15, 0.2) is 48.5 Å². The van der Waals surface area contributed by atoms with Gasteiger partial charge in [-0.25, -0.2) is 9.29 Å². The SMILES string of the molecule is O=C(C[C@@H]1CN2CCC1CC2(F)F)N1CCc2ccccc2[C@@H]1c1ccc(F)cc1. The van der Waals surface area contributed by atoms with E-state index >= 15 is 0 Å². The van der Waals surface area contributed by atoms with E-state index in [1.165, 1.54) is 22.6 Å². The first-order chi connectivity index (χ1) is 14.4. The van der Waals surface area contributed by atoms with Crippen LogP contribution in [0.5, 0.6) is 0 Å². The van der Waals surface area contributed by atoms with Crippen molar-refractivity contribution in [2.24, 2.45) is 11.8 Å². The summed E-state index contributed by atoms with van der Waals surface area (Å²) >= 11 is 0. The lowest BCUT2D eigenvalue weighted by atomic mass is 9.76. The van der Waals surface area contributed by atoms with Crippen LogP contribution in [-0.4, -0.2) is 41.4 Å². The van der Waals surface area contributed by atoms with Gasteiger partial charge in [0.2, 0.25) is 5.91 Å². The van der Waals surface area contributed by atoms with Crippen molar-refractivity contribution in [2.45, 2.75) is 37.8 Å². The minimum Gasteiger partial charge on any atom is -0.331 e. The van der Waals surface area contributed by atoms with Crippen LogP contribution in [-0.2, 0) is 11.2 Å². The first-order valence-electron chi connectivity index (χ1n) is 10.7. The third-order valence-corrected chi connectivity index (χ3v) is 7.09. The molecule has 4 aliphatic rings. The number of carbonyl (C=O) groups is 1. The minimum atomic E-state index is -2.73. The lowest BCUT2D eigenvalue weighted by Crippen LogP contribution is -2.58. The van der Waals surface area contributed by atoms with E-state index in [1.54, 1.807) is 12.1 Å². The predicted molar refractivity (Wildman–Crippen MR) is 107 cm³/mol. The molecule has 4 heterocycles. The van der Waals surface area contributed by atoms with Gasteiger partial charge < -0.3 is 4.90 Å². The fourth-order valence-electron chi connectivity index (χ4n) is 5.50. The Morgan fingerprint density at radius 2 is 1.83 bits per heavy atom. The molecule has 2 unspecified atom stereocenters. The molecular formula is C24H25F3N2O. The molecular weight excluding hydrogens is 389 g/mol. The molecule has 0 spiro atoms. The molecule has 2 bridgehead atoms. The summed E-state index contributed by atoms with van der Waals surface area (Å²) in [5.74, 6) is -0.443. The van der Waals surface area contributed by atoms with Gasteiger partial charge in [0.1, 0.15) is 5.82 Å². The Morgan fingerprint density at radius 1 is 1.07 bits per heavy atom.